The van der Waals surface area contributed by atoms with Crippen molar-refractivity contribution in [3.05, 3.63) is 35.4 Å². The van der Waals surface area contributed by atoms with Gasteiger partial charge in [0.25, 0.3) is 0 Å². The maximum atomic E-state index is 13.9. The van der Waals surface area contributed by atoms with Gasteiger partial charge in [-0.15, -0.1) is 0 Å². The molecular formula is C13H16F2N2O. The summed E-state index contributed by atoms with van der Waals surface area (Å²) in [6.45, 7) is 0. The van der Waals surface area contributed by atoms with Crippen LogP contribution in [0.1, 0.15) is 37.7 Å². The van der Waals surface area contributed by atoms with E-state index >= 15 is 0 Å². The minimum absolute atomic E-state index is 0.242. The summed E-state index contributed by atoms with van der Waals surface area (Å²) < 4.78 is 26.9. The molecule has 0 aromatic heterocycles. The third kappa shape index (κ3) is 2.10. The lowest BCUT2D eigenvalue weighted by Gasteiger charge is -2.35. The first kappa shape index (κ1) is 13.0. The van der Waals surface area contributed by atoms with Crippen molar-refractivity contribution in [2.75, 3.05) is 0 Å². The lowest BCUT2D eigenvalue weighted by Crippen LogP contribution is -2.48. The summed E-state index contributed by atoms with van der Waals surface area (Å²) in [5.41, 5.74) is 1.41. The highest BCUT2D eigenvalue weighted by Crippen LogP contribution is 2.40. The first-order valence-electron chi connectivity index (χ1n) is 6.07. The highest BCUT2D eigenvalue weighted by atomic mass is 19.1. The third-order valence-corrected chi connectivity index (χ3v) is 3.72. The van der Waals surface area contributed by atoms with Gasteiger partial charge in [-0.25, -0.2) is 14.6 Å². The molecular weight excluding hydrogens is 238 g/mol. The van der Waals surface area contributed by atoms with Gasteiger partial charge in [-0.2, -0.15) is 0 Å². The van der Waals surface area contributed by atoms with Gasteiger partial charge in [-0.1, -0.05) is 25.3 Å². The largest absolute Gasteiger partial charge is 0.293 e. The number of benzene rings is 1. The molecule has 5 heteroatoms. The second-order valence-corrected chi connectivity index (χ2v) is 4.74. The molecule has 3 nitrogen and oxygen atoms in total. The van der Waals surface area contributed by atoms with E-state index in [-0.39, 0.29) is 5.56 Å². The van der Waals surface area contributed by atoms with Crippen LogP contribution in [0.3, 0.4) is 0 Å². The van der Waals surface area contributed by atoms with Crippen LogP contribution in [0, 0.1) is 11.6 Å². The van der Waals surface area contributed by atoms with Crippen LogP contribution in [0.5, 0.6) is 0 Å². The Morgan fingerprint density at radius 3 is 2.44 bits per heavy atom. The normalized spacial score (nSPS) is 18.4. The number of nitrogens with one attached hydrogen (secondary N) is 1. The van der Waals surface area contributed by atoms with Crippen LogP contribution in [-0.2, 0) is 10.2 Å². The fourth-order valence-electron chi connectivity index (χ4n) is 2.79. The Hall–Kier alpha value is -1.49. The number of halogens is 2. The van der Waals surface area contributed by atoms with Crippen LogP contribution in [0.2, 0.25) is 0 Å². The van der Waals surface area contributed by atoms with Gasteiger partial charge in [-0.3, -0.25) is 10.2 Å². The lowest BCUT2D eigenvalue weighted by atomic mass is 9.68. The third-order valence-electron chi connectivity index (χ3n) is 3.72. The first-order valence-corrected chi connectivity index (χ1v) is 6.07. The zero-order valence-electron chi connectivity index (χ0n) is 10.0. The fourth-order valence-corrected chi connectivity index (χ4v) is 2.79. The number of hydrogen-bond donors (Lipinski definition) is 2. The molecule has 1 aromatic rings. The molecule has 2 rings (SSSR count). The molecule has 0 bridgehead atoms. The van der Waals surface area contributed by atoms with Gasteiger partial charge in [0.1, 0.15) is 11.6 Å². The van der Waals surface area contributed by atoms with Crippen molar-refractivity contribution < 1.29 is 13.6 Å². The van der Waals surface area contributed by atoms with E-state index in [1.165, 1.54) is 12.1 Å². The zero-order valence-corrected chi connectivity index (χ0v) is 10.0. The molecule has 0 saturated heterocycles. The number of amides is 1. The molecule has 1 saturated carbocycles. The van der Waals surface area contributed by atoms with E-state index in [1.807, 2.05) is 0 Å². The predicted molar refractivity (Wildman–Crippen MR) is 63.5 cm³/mol. The Kier molecular flexibility index (Phi) is 3.61. The van der Waals surface area contributed by atoms with Crippen LogP contribution >= 0.6 is 0 Å². The fraction of sp³-hybridized carbons (Fsp3) is 0.462. The molecule has 1 aliphatic rings. The van der Waals surface area contributed by atoms with Gasteiger partial charge in [-0.05, 0) is 18.9 Å². The Morgan fingerprint density at radius 2 is 1.89 bits per heavy atom. The molecule has 1 aromatic carbocycles. The minimum Gasteiger partial charge on any atom is -0.293 e. The molecule has 0 radical (unpaired) electrons. The smallest absolute Gasteiger partial charge is 0.244 e. The van der Waals surface area contributed by atoms with E-state index in [2.05, 4.69) is 5.43 Å². The Bertz CT molecular complexity index is 456. The number of carbonyl (C=O) groups excluding carboxylic acids is 1. The summed E-state index contributed by atoms with van der Waals surface area (Å²) in [5, 5.41) is 0. The van der Waals surface area contributed by atoms with E-state index in [4.69, 9.17) is 5.84 Å². The van der Waals surface area contributed by atoms with Crippen molar-refractivity contribution in [1.29, 1.82) is 0 Å². The number of hydrogen-bond acceptors (Lipinski definition) is 2. The molecule has 1 amide bonds. The minimum atomic E-state index is -0.954. The first-order chi connectivity index (χ1) is 8.60. The molecule has 0 unspecified atom stereocenters. The van der Waals surface area contributed by atoms with Gasteiger partial charge in [0, 0.05) is 11.6 Å². The molecule has 0 spiro atoms. The number of rotatable bonds is 2. The average Bonchev–Trinajstić information content (AvgIpc) is 2.38. The molecule has 1 fully saturated rings. The Balaban J connectivity index is 2.48. The van der Waals surface area contributed by atoms with Crippen molar-refractivity contribution in [1.82, 2.24) is 5.43 Å². The summed E-state index contributed by atoms with van der Waals surface area (Å²) in [7, 11) is 0. The second-order valence-electron chi connectivity index (χ2n) is 4.74. The Labute approximate surface area is 104 Å². The van der Waals surface area contributed by atoms with Gasteiger partial charge in [0.15, 0.2) is 0 Å². The molecule has 18 heavy (non-hydrogen) atoms. The average molecular weight is 254 g/mol. The summed E-state index contributed by atoms with van der Waals surface area (Å²) in [6, 6.07) is 3.35. The van der Waals surface area contributed by atoms with Crippen LogP contribution < -0.4 is 11.3 Å². The van der Waals surface area contributed by atoms with E-state index in [1.54, 1.807) is 0 Å². The van der Waals surface area contributed by atoms with Crippen molar-refractivity contribution in [3.8, 4) is 0 Å². The number of hydrazine groups is 1. The van der Waals surface area contributed by atoms with Crippen LogP contribution in [0.25, 0.3) is 0 Å². The SMILES string of the molecule is NNC(=O)C1(c2ccc(F)cc2F)CCCCC1. The standard InChI is InChI=1S/C13H16F2N2O/c14-9-4-5-10(11(15)8-9)13(12(18)17-16)6-2-1-3-7-13/h4-5,8H,1-3,6-7,16H2,(H,17,18). The molecule has 0 heterocycles. The molecule has 0 aliphatic heterocycles. The maximum absolute atomic E-state index is 13.9. The molecule has 98 valence electrons. The Morgan fingerprint density at radius 1 is 1.22 bits per heavy atom. The van der Waals surface area contributed by atoms with E-state index < -0.39 is 23.0 Å². The van der Waals surface area contributed by atoms with Gasteiger partial charge < -0.3 is 0 Å². The summed E-state index contributed by atoms with van der Waals surface area (Å²) in [4.78, 5) is 12.0. The molecule has 3 N–H and O–H groups in total. The van der Waals surface area contributed by atoms with Gasteiger partial charge in [0.05, 0.1) is 5.41 Å². The highest BCUT2D eigenvalue weighted by Gasteiger charge is 2.42. The van der Waals surface area contributed by atoms with Crippen molar-refractivity contribution >= 4 is 5.91 Å². The van der Waals surface area contributed by atoms with Crippen molar-refractivity contribution in [3.63, 3.8) is 0 Å². The van der Waals surface area contributed by atoms with Gasteiger partial charge in [0.2, 0.25) is 5.91 Å². The molecule has 1 aliphatic carbocycles. The van der Waals surface area contributed by atoms with Gasteiger partial charge >= 0.3 is 0 Å². The number of carbonyl (C=O) groups is 1. The summed E-state index contributed by atoms with van der Waals surface area (Å²) in [5.74, 6) is 3.49. The zero-order chi connectivity index (χ0) is 13.2. The number of nitrogens with two attached hydrogens (primary N) is 1. The van der Waals surface area contributed by atoms with Crippen LogP contribution in [-0.4, -0.2) is 5.91 Å². The highest BCUT2D eigenvalue weighted by molar-refractivity contribution is 5.88. The van der Waals surface area contributed by atoms with Crippen LogP contribution in [0.15, 0.2) is 18.2 Å². The van der Waals surface area contributed by atoms with E-state index in [9.17, 15) is 13.6 Å². The van der Waals surface area contributed by atoms with Crippen LogP contribution in [0.4, 0.5) is 8.78 Å². The van der Waals surface area contributed by atoms with E-state index in [0.717, 1.165) is 25.3 Å². The quantitative estimate of drug-likeness (QED) is 0.482. The molecule has 0 atom stereocenters. The monoisotopic (exact) mass is 254 g/mol. The van der Waals surface area contributed by atoms with E-state index in [0.29, 0.717) is 12.8 Å². The summed E-state index contributed by atoms with van der Waals surface area (Å²) in [6.07, 6.45) is 3.77. The predicted octanol–water partition coefficient (Wildman–Crippen LogP) is 2.16. The second kappa shape index (κ2) is 5.02. The van der Waals surface area contributed by atoms with Crippen molar-refractivity contribution in [2.45, 2.75) is 37.5 Å². The summed E-state index contributed by atoms with van der Waals surface area (Å²) >= 11 is 0. The lowest BCUT2D eigenvalue weighted by molar-refractivity contribution is -0.128. The topological polar surface area (TPSA) is 55.1 Å². The van der Waals surface area contributed by atoms with Crippen molar-refractivity contribution in [2.24, 2.45) is 5.84 Å². The maximum Gasteiger partial charge on any atom is 0.244 e.